The van der Waals surface area contributed by atoms with Crippen LogP contribution in [0.4, 0.5) is 0 Å². The zero-order chi connectivity index (χ0) is 22.5. The molecule has 0 aliphatic carbocycles. The van der Waals surface area contributed by atoms with E-state index in [4.69, 9.17) is 33.3 Å². The molecule has 0 fully saturated rings. The minimum atomic E-state index is -0.463. The molecule has 0 radical (unpaired) electrons. The van der Waals surface area contributed by atoms with E-state index in [-0.39, 0.29) is 5.78 Å². The van der Waals surface area contributed by atoms with Crippen molar-refractivity contribution in [2.24, 2.45) is 0 Å². The van der Waals surface area contributed by atoms with Crippen molar-refractivity contribution in [3.8, 4) is 11.5 Å². The van der Waals surface area contributed by atoms with Crippen molar-refractivity contribution in [2.75, 3.05) is 19.8 Å². The summed E-state index contributed by atoms with van der Waals surface area (Å²) in [7, 11) is 0. The zero-order valence-corrected chi connectivity index (χ0v) is 19.8. The maximum atomic E-state index is 13.6. The summed E-state index contributed by atoms with van der Waals surface area (Å²) in [6.45, 7) is 9.31. The predicted octanol–water partition coefficient (Wildman–Crippen LogP) is 5.55. The van der Waals surface area contributed by atoms with Crippen molar-refractivity contribution in [3.05, 3.63) is 69.9 Å². The van der Waals surface area contributed by atoms with Crippen LogP contribution in [0.25, 0.3) is 0 Å². The standard InChI is InChI=1S/C24H27ClN2O3S/c1-5-27-15(4)20(22(28)16-11-9-8-10-12-16)21(26-24(27)31)17-13-18(25)23(30-7-3)19(14-17)29-6-2/h8-14,21H,5-7H2,1-4H3,(H,26,31). The maximum absolute atomic E-state index is 13.6. The summed E-state index contributed by atoms with van der Waals surface area (Å²) in [6.07, 6.45) is 0. The molecule has 0 spiro atoms. The number of nitrogens with zero attached hydrogens (tertiary/aromatic N) is 1. The van der Waals surface area contributed by atoms with Gasteiger partial charge in [0.1, 0.15) is 0 Å². The molecular weight excluding hydrogens is 432 g/mol. The molecule has 0 saturated carbocycles. The average Bonchev–Trinajstić information content (AvgIpc) is 2.76. The monoisotopic (exact) mass is 458 g/mol. The normalized spacial score (nSPS) is 16.2. The largest absolute Gasteiger partial charge is 0.490 e. The van der Waals surface area contributed by atoms with Crippen molar-refractivity contribution in [3.63, 3.8) is 0 Å². The van der Waals surface area contributed by atoms with Gasteiger partial charge in [0.25, 0.3) is 0 Å². The topological polar surface area (TPSA) is 50.8 Å². The number of rotatable bonds is 8. The van der Waals surface area contributed by atoms with Crippen LogP contribution in [0.5, 0.6) is 11.5 Å². The fourth-order valence-corrected chi connectivity index (χ4v) is 4.41. The Labute approximate surface area is 194 Å². The number of halogens is 1. The number of benzene rings is 2. The summed E-state index contributed by atoms with van der Waals surface area (Å²) >= 11 is 12.2. The zero-order valence-electron chi connectivity index (χ0n) is 18.2. The van der Waals surface area contributed by atoms with Crippen molar-refractivity contribution in [1.82, 2.24) is 10.2 Å². The molecule has 1 N–H and O–H groups in total. The van der Waals surface area contributed by atoms with Crippen molar-refractivity contribution >= 4 is 34.7 Å². The fraction of sp³-hybridized carbons (Fsp3) is 0.333. The van der Waals surface area contributed by atoms with Crippen molar-refractivity contribution in [1.29, 1.82) is 0 Å². The highest BCUT2D eigenvalue weighted by atomic mass is 35.5. The predicted molar refractivity (Wildman–Crippen MR) is 128 cm³/mol. The molecule has 1 heterocycles. The summed E-state index contributed by atoms with van der Waals surface area (Å²) in [4.78, 5) is 15.5. The molecule has 1 unspecified atom stereocenters. The van der Waals surface area contributed by atoms with Crippen LogP contribution < -0.4 is 14.8 Å². The van der Waals surface area contributed by atoms with Gasteiger partial charge in [-0.1, -0.05) is 41.9 Å². The van der Waals surface area contributed by atoms with E-state index in [9.17, 15) is 4.79 Å². The Bertz CT molecular complexity index is 1010. The Morgan fingerprint density at radius 1 is 1.13 bits per heavy atom. The number of ether oxygens (including phenoxy) is 2. The molecule has 164 valence electrons. The van der Waals surface area contributed by atoms with Crippen molar-refractivity contribution < 1.29 is 14.3 Å². The van der Waals surface area contributed by atoms with Gasteiger partial charge in [-0.05, 0) is 57.6 Å². The average molecular weight is 459 g/mol. The molecule has 31 heavy (non-hydrogen) atoms. The van der Waals surface area contributed by atoms with E-state index in [1.165, 1.54) is 0 Å². The van der Waals surface area contributed by atoms with E-state index in [1.54, 1.807) is 0 Å². The molecule has 1 aliphatic heterocycles. The number of allylic oxidation sites excluding steroid dienone is 1. The molecule has 1 atom stereocenters. The number of hydrogen-bond donors (Lipinski definition) is 1. The number of Topliss-reactive ketones (excluding diaryl/α,β-unsaturated/α-hetero) is 1. The van der Waals surface area contributed by atoms with Gasteiger partial charge >= 0.3 is 0 Å². The number of thiocarbonyl (C=S) groups is 1. The summed E-state index contributed by atoms with van der Waals surface area (Å²) in [5.74, 6) is 0.987. The Balaban J connectivity index is 2.16. The molecule has 0 aromatic heterocycles. The molecule has 7 heteroatoms. The van der Waals surface area contributed by atoms with Gasteiger partial charge < -0.3 is 19.7 Å². The summed E-state index contributed by atoms with van der Waals surface area (Å²) < 4.78 is 11.5. The van der Waals surface area contributed by atoms with E-state index in [0.717, 1.165) is 11.3 Å². The van der Waals surface area contributed by atoms with E-state index in [1.807, 2.05) is 75.1 Å². The maximum Gasteiger partial charge on any atom is 0.193 e. The number of carbonyl (C=O) groups is 1. The highest BCUT2D eigenvalue weighted by molar-refractivity contribution is 7.80. The first kappa shape index (κ1) is 23.1. The molecular formula is C24H27ClN2O3S. The lowest BCUT2D eigenvalue weighted by Crippen LogP contribution is -2.47. The lowest BCUT2D eigenvalue weighted by Gasteiger charge is -2.37. The summed E-state index contributed by atoms with van der Waals surface area (Å²) in [6, 6.07) is 12.5. The van der Waals surface area contributed by atoms with Gasteiger partial charge in [0.2, 0.25) is 0 Å². The highest BCUT2D eigenvalue weighted by Crippen LogP contribution is 2.41. The molecule has 0 saturated heterocycles. The van der Waals surface area contributed by atoms with E-state index < -0.39 is 6.04 Å². The summed E-state index contributed by atoms with van der Waals surface area (Å²) in [5.41, 5.74) is 2.86. The van der Waals surface area contributed by atoms with Gasteiger partial charge in [0.05, 0.1) is 24.3 Å². The van der Waals surface area contributed by atoms with Crippen molar-refractivity contribution in [2.45, 2.75) is 33.7 Å². The van der Waals surface area contributed by atoms with E-state index in [0.29, 0.717) is 52.5 Å². The Hall–Kier alpha value is -2.57. The Morgan fingerprint density at radius 3 is 2.42 bits per heavy atom. The van der Waals surface area contributed by atoms with Gasteiger partial charge in [0.15, 0.2) is 22.4 Å². The van der Waals surface area contributed by atoms with Gasteiger partial charge in [0, 0.05) is 23.4 Å². The molecule has 1 aliphatic rings. The summed E-state index contributed by atoms with van der Waals surface area (Å²) in [5, 5.41) is 4.33. The van der Waals surface area contributed by atoms with Crippen LogP contribution in [-0.2, 0) is 0 Å². The van der Waals surface area contributed by atoms with Gasteiger partial charge in [-0.25, -0.2) is 0 Å². The SMILES string of the molecule is CCOc1cc(C2NC(=S)N(CC)C(C)=C2C(=O)c2ccccc2)cc(Cl)c1OCC. The number of hydrogen-bond acceptors (Lipinski definition) is 4. The van der Waals surface area contributed by atoms with Crippen LogP contribution in [0.2, 0.25) is 5.02 Å². The molecule has 5 nitrogen and oxygen atoms in total. The quantitative estimate of drug-likeness (QED) is 0.413. The molecule has 3 rings (SSSR count). The third-order valence-electron chi connectivity index (χ3n) is 5.15. The highest BCUT2D eigenvalue weighted by Gasteiger charge is 2.34. The van der Waals surface area contributed by atoms with Crippen LogP contribution in [0.15, 0.2) is 53.7 Å². The first-order chi connectivity index (χ1) is 14.9. The van der Waals surface area contributed by atoms with Crippen LogP contribution in [0.3, 0.4) is 0 Å². The Morgan fingerprint density at radius 2 is 1.81 bits per heavy atom. The molecule has 2 aromatic rings. The van der Waals surface area contributed by atoms with Crippen LogP contribution in [-0.4, -0.2) is 35.6 Å². The minimum absolute atomic E-state index is 0.0560. The fourth-order valence-electron chi connectivity index (χ4n) is 3.75. The van der Waals surface area contributed by atoms with Gasteiger partial charge in [-0.2, -0.15) is 0 Å². The molecule has 2 aromatic carbocycles. The second kappa shape index (κ2) is 10.2. The van der Waals surface area contributed by atoms with Gasteiger partial charge in [-0.15, -0.1) is 0 Å². The van der Waals surface area contributed by atoms with E-state index in [2.05, 4.69) is 5.32 Å². The second-order valence-corrected chi connectivity index (χ2v) is 7.81. The first-order valence-electron chi connectivity index (χ1n) is 10.4. The lowest BCUT2D eigenvalue weighted by molar-refractivity contribution is 0.102. The van der Waals surface area contributed by atoms with Crippen LogP contribution in [0.1, 0.15) is 49.7 Å². The number of nitrogens with one attached hydrogen (secondary N) is 1. The van der Waals surface area contributed by atoms with Crippen LogP contribution >= 0.6 is 23.8 Å². The van der Waals surface area contributed by atoms with Crippen LogP contribution in [0, 0.1) is 0 Å². The smallest absolute Gasteiger partial charge is 0.193 e. The number of ketones is 1. The Kier molecular flexibility index (Phi) is 7.57. The third-order valence-corrected chi connectivity index (χ3v) is 5.77. The minimum Gasteiger partial charge on any atom is -0.490 e. The lowest BCUT2D eigenvalue weighted by atomic mass is 9.89. The van der Waals surface area contributed by atoms with E-state index >= 15 is 0 Å². The first-order valence-corrected chi connectivity index (χ1v) is 11.2. The second-order valence-electron chi connectivity index (χ2n) is 7.02. The third kappa shape index (κ3) is 4.70. The molecule has 0 amide bonds. The number of carbonyl (C=O) groups excluding carboxylic acids is 1. The molecule has 0 bridgehead atoms. The van der Waals surface area contributed by atoms with Gasteiger partial charge in [-0.3, -0.25) is 4.79 Å².